The summed E-state index contributed by atoms with van der Waals surface area (Å²) in [6.07, 6.45) is -0.486. The van der Waals surface area contributed by atoms with E-state index < -0.39 is 17.8 Å². The van der Waals surface area contributed by atoms with Crippen LogP contribution in [0.5, 0.6) is 0 Å². The molecule has 0 bridgehead atoms. The van der Waals surface area contributed by atoms with Crippen LogP contribution in [0.4, 0.5) is 20.6 Å². The average Bonchev–Trinajstić information content (AvgIpc) is 3.18. The number of thiazole rings is 1. The van der Waals surface area contributed by atoms with Crippen molar-refractivity contribution < 1.29 is 18.7 Å². The first-order valence-electron chi connectivity index (χ1n) is 7.46. The fraction of sp³-hybridized carbons (Fsp3) is 0.312. The molecule has 0 spiro atoms. The number of ether oxygens (including phenoxy) is 1. The number of cyclic esters (lactones) is 1. The minimum Gasteiger partial charge on any atom is -0.447 e. The van der Waals surface area contributed by atoms with Crippen LogP contribution in [-0.2, 0) is 4.74 Å². The molecule has 24 heavy (non-hydrogen) atoms. The molecular weight excluding hydrogens is 333 g/mol. The minimum absolute atomic E-state index is 0.00139. The van der Waals surface area contributed by atoms with Crippen molar-refractivity contribution in [1.82, 2.24) is 4.98 Å². The van der Waals surface area contributed by atoms with Gasteiger partial charge in [0.05, 0.1) is 17.9 Å². The van der Waals surface area contributed by atoms with Crippen molar-refractivity contribution in [2.75, 3.05) is 23.4 Å². The molecule has 1 aromatic heterocycles. The van der Waals surface area contributed by atoms with Crippen LogP contribution >= 0.6 is 11.3 Å². The Morgan fingerprint density at radius 1 is 1.46 bits per heavy atom. The number of hydrogen-bond donors (Lipinski definition) is 1. The van der Waals surface area contributed by atoms with E-state index >= 15 is 0 Å². The number of amides is 2. The Bertz CT molecular complexity index is 791. The van der Waals surface area contributed by atoms with E-state index in [0.717, 1.165) is 5.69 Å². The predicted molar refractivity (Wildman–Crippen MR) is 89.3 cm³/mol. The molecule has 3 rings (SSSR count). The van der Waals surface area contributed by atoms with Gasteiger partial charge in [-0.05, 0) is 24.1 Å². The van der Waals surface area contributed by atoms with Gasteiger partial charge in [0.25, 0.3) is 5.91 Å². The maximum atomic E-state index is 14.0. The van der Waals surface area contributed by atoms with Crippen molar-refractivity contribution in [2.45, 2.75) is 19.8 Å². The highest BCUT2D eigenvalue weighted by molar-refractivity contribution is 7.11. The van der Waals surface area contributed by atoms with Crippen molar-refractivity contribution in [3.8, 4) is 0 Å². The Kier molecular flexibility index (Phi) is 4.48. The van der Waals surface area contributed by atoms with E-state index in [9.17, 15) is 14.0 Å². The van der Waals surface area contributed by atoms with Gasteiger partial charge in [-0.25, -0.2) is 14.2 Å². The fourth-order valence-electron chi connectivity index (χ4n) is 2.24. The maximum Gasteiger partial charge on any atom is 0.414 e. The topological polar surface area (TPSA) is 71.5 Å². The summed E-state index contributed by atoms with van der Waals surface area (Å²) < 4.78 is 18.9. The van der Waals surface area contributed by atoms with E-state index in [-0.39, 0.29) is 23.2 Å². The largest absolute Gasteiger partial charge is 0.447 e. The smallest absolute Gasteiger partial charge is 0.414 e. The van der Waals surface area contributed by atoms with Crippen molar-refractivity contribution in [2.24, 2.45) is 0 Å². The second-order valence-corrected chi connectivity index (χ2v) is 6.47. The summed E-state index contributed by atoms with van der Waals surface area (Å²) in [5, 5.41) is 4.59. The number of carbonyl (C=O) groups excluding carboxylic acids is 2. The van der Waals surface area contributed by atoms with E-state index in [2.05, 4.69) is 10.3 Å². The molecule has 6 nitrogen and oxygen atoms in total. The molecule has 1 aromatic carbocycles. The van der Waals surface area contributed by atoms with Crippen LogP contribution in [0.3, 0.4) is 0 Å². The third-order valence-electron chi connectivity index (χ3n) is 3.58. The minimum atomic E-state index is -0.583. The molecule has 1 aliphatic rings. The summed E-state index contributed by atoms with van der Waals surface area (Å²) in [7, 11) is 0. The van der Waals surface area contributed by atoms with Crippen LogP contribution in [0.15, 0.2) is 23.6 Å². The second-order valence-electron chi connectivity index (χ2n) is 5.62. The molecule has 2 aromatic rings. The van der Waals surface area contributed by atoms with Crippen molar-refractivity contribution in [3.05, 3.63) is 40.1 Å². The molecule has 1 fully saturated rings. The summed E-state index contributed by atoms with van der Waals surface area (Å²) in [6, 6.07) is 4.09. The van der Waals surface area contributed by atoms with Gasteiger partial charge in [0, 0.05) is 11.1 Å². The first-order chi connectivity index (χ1) is 11.5. The third kappa shape index (κ3) is 3.23. The Morgan fingerprint density at radius 2 is 2.25 bits per heavy atom. The van der Waals surface area contributed by atoms with E-state index in [0.29, 0.717) is 12.2 Å². The lowest BCUT2D eigenvalue weighted by molar-refractivity contribution is 0.102. The number of nitrogens with zero attached hydrogens (tertiary/aromatic N) is 2. The van der Waals surface area contributed by atoms with Crippen LogP contribution < -0.4 is 10.2 Å². The van der Waals surface area contributed by atoms with Gasteiger partial charge in [-0.1, -0.05) is 13.8 Å². The predicted octanol–water partition coefficient (Wildman–Crippen LogP) is 3.61. The summed E-state index contributed by atoms with van der Waals surface area (Å²) in [5.74, 6) is -0.851. The van der Waals surface area contributed by atoms with E-state index in [4.69, 9.17) is 4.74 Å². The van der Waals surface area contributed by atoms with Gasteiger partial charge in [-0.2, -0.15) is 0 Å². The lowest BCUT2D eigenvalue weighted by atomic mass is 10.2. The number of rotatable bonds is 4. The molecule has 2 heterocycles. The average molecular weight is 349 g/mol. The molecule has 1 saturated heterocycles. The number of hydrogen-bond acceptors (Lipinski definition) is 5. The summed E-state index contributed by atoms with van der Waals surface area (Å²) in [5.41, 5.74) is 1.29. The molecule has 0 unspecified atom stereocenters. The number of carbonyl (C=O) groups is 2. The second kappa shape index (κ2) is 6.56. The van der Waals surface area contributed by atoms with Gasteiger partial charge in [0.15, 0.2) is 5.01 Å². The standard InChI is InChI=1S/C16H16FN3O3S/c1-9(2)13-8-24-15(19-13)14(21)18-12-7-10(3-4-11(12)17)20-5-6-23-16(20)22/h3-4,7-9H,5-6H2,1-2H3,(H,18,21). The molecule has 126 valence electrons. The first kappa shape index (κ1) is 16.4. The van der Waals surface area contributed by atoms with Crippen molar-refractivity contribution in [1.29, 1.82) is 0 Å². The molecular formula is C16H16FN3O3S. The Balaban J connectivity index is 1.80. The summed E-state index contributed by atoms with van der Waals surface area (Å²) in [4.78, 5) is 29.5. The number of aromatic nitrogens is 1. The molecule has 0 radical (unpaired) electrons. The molecule has 8 heteroatoms. The monoisotopic (exact) mass is 349 g/mol. The lowest BCUT2D eigenvalue weighted by Gasteiger charge is -2.14. The van der Waals surface area contributed by atoms with Gasteiger partial charge < -0.3 is 10.1 Å². The third-order valence-corrected chi connectivity index (χ3v) is 4.44. The summed E-state index contributed by atoms with van der Waals surface area (Å²) in [6.45, 7) is 4.64. The SMILES string of the molecule is CC(C)c1csc(C(=O)Nc2cc(N3CCOC3=O)ccc2F)n1. The highest BCUT2D eigenvalue weighted by Crippen LogP contribution is 2.26. The molecule has 0 aliphatic carbocycles. The zero-order valence-corrected chi connectivity index (χ0v) is 14.0. The normalized spacial score (nSPS) is 14.2. The van der Waals surface area contributed by atoms with Gasteiger partial charge in [-0.15, -0.1) is 11.3 Å². The fourth-order valence-corrected chi connectivity index (χ4v) is 3.11. The number of halogens is 1. The molecule has 0 saturated carbocycles. The Labute approximate surface area is 142 Å². The van der Waals surface area contributed by atoms with E-state index in [1.54, 1.807) is 0 Å². The Hall–Kier alpha value is -2.48. The number of benzene rings is 1. The molecule has 1 N–H and O–H groups in total. The lowest BCUT2D eigenvalue weighted by Crippen LogP contribution is -2.23. The highest BCUT2D eigenvalue weighted by atomic mass is 32.1. The number of nitrogens with one attached hydrogen (secondary N) is 1. The van der Waals surface area contributed by atoms with Gasteiger partial charge >= 0.3 is 6.09 Å². The molecule has 0 atom stereocenters. The van der Waals surface area contributed by atoms with Crippen LogP contribution in [0.2, 0.25) is 0 Å². The van der Waals surface area contributed by atoms with Crippen molar-refractivity contribution >= 4 is 34.7 Å². The number of anilines is 2. The zero-order valence-electron chi connectivity index (χ0n) is 13.2. The van der Waals surface area contributed by atoms with Gasteiger partial charge in [0.1, 0.15) is 12.4 Å². The summed E-state index contributed by atoms with van der Waals surface area (Å²) >= 11 is 1.21. The van der Waals surface area contributed by atoms with Crippen LogP contribution in [-0.4, -0.2) is 30.1 Å². The van der Waals surface area contributed by atoms with E-state index in [1.165, 1.54) is 34.4 Å². The van der Waals surface area contributed by atoms with Crippen LogP contribution in [0.25, 0.3) is 0 Å². The van der Waals surface area contributed by atoms with Crippen LogP contribution in [0.1, 0.15) is 35.3 Å². The van der Waals surface area contributed by atoms with Gasteiger partial charge in [-0.3, -0.25) is 9.69 Å². The Morgan fingerprint density at radius 3 is 2.88 bits per heavy atom. The highest BCUT2D eigenvalue weighted by Gasteiger charge is 2.24. The molecule has 2 amide bonds. The van der Waals surface area contributed by atoms with E-state index in [1.807, 2.05) is 19.2 Å². The molecule has 1 aliphatic heterocycles. The van der Waals surface area contributed by atoms with Crippen molar-refractivity contribution in [3.63, 3.8) is 0 Å². The van der Waals surface area contributed by atoms with Gasteiger partial charge in [0.2, 0.25) is 0 Å². The van der Waals surface area contributed by atoms with Crippen LogP contribution in [0, 0.1) is 5.82 Å². The maximum absolute atomic E-state index is 14.0. The first-order valence-corrected chi connectivity index (χ1v) is 8.34. The zero-order chi connectivity index (χ0) is 17.3. The quantitative estimate of drug-likeness (QED) is 0.915.